The maximum atomic E-state index is 13.3. The third kappa shape index (κ3) is 3.54. The van der Waals surface area contributed by atoms with E-state index in [1.807, 2.05) is 11.8 Å². The van der Waals surface area contributed by atoms with Gasteiger partial charge in [-0.05, 0) is 49.9 Å². The van der Waals surface area contributed by atoms with E-state index in [0.29, 0.717) is 12.0 Å². The smallest absolute Gasteiger partial charge is 0.239 e. The number of hydrogen-bond acceptors (Lipinski definition) is 3. The van der Waals surface area contributed by atoms with Crippen molar-refractivity contribution in [2.75, 3.05) is 13.1 Å². The lowest BCUT2D eigenvalue weighted by Crippen LogP contribution is -2.51. The molecular weight excluding hydrogens is 321 g/mol. The summed E-state index contributed by atoms with van der Waals surface area (Å²) in [7, 11) is 0. The van der Waals surface area contributed by atoms with Gasteiger partial charge in [0.1, 0.15) is 11.9 Å². The minimum Gasteiger partial charge on any atom is -0.368 e. The molecule has 0 spiro atoms. The van der Waals surface area contributed by atoms with Crippen LogP contribution in [0.4, 0.5) is 4.39 Å². The van der Waals surface area contributed by atoms with Crippen LogP contribution < -0.4 is 5.73 Å². The Morgan fingerprint density at radius 2 is 1.80 bits per heavy atom. The van der Waals surface area contributed by atoms with E-state index in [4.69, 9.17) is 5.73 Å². The molecule has 0 aliphatic carbocycles. The zero-order valence-corrected chi connectivity index (χ0v) is 14.7. The van der Waals surface area contributed by atoms with Gasteiger partial charge in [-0.2, -0.15) is 0 Å². The van der Waals surface area contributed by atoms with Crippen LogP contribution in [0.15, 0.2) is 24.3 Å². The first-order valence-electron chi connectivity index (χ1n) is 9.13. The van der Waals surface area contributed by atoms with Crippen LogP contribution >= 0.6 is 0 Å². The molecule has 1 aromatic carbocycles. The van der Waals surface area contributed by atoms with Crippen molar-refractivity contribution in [1.29, 1.82) is 0 Å². The Hall–Kier alpha value is -1.95. The Bertz CT molecular complexity index is 634. The van der Waals surface area contributed by atoms with E-state index in [9.17, 15) is 14.0 Å². The zero-order chi connectivity index (χ0) is 18.0. The van der Waals surface area contributed by atoms with E-state index in [1.54, 1.807) is 12.1 Å². The Kier molecular flexibility index (Phi) is 5.37. The van der Waals surface area contributed by atoms with E-state index in [0.717, 1.165) is 38.8 Å². The molecule has 2 saturated heterocycles. The molecule has 5 nitrogen and oxygen atoms in total. The van der Waals surface area contributed by atoms with Gasteiger partial charge >= 0.3 is 0 Å². The quantitative estimate of drug-likeness (QED) is 0.888. The van der Waals surface area contributed by atoms with Crippen LogP contribution in [0.2, 0.25) is 0 Å². The summed E-state index contributed by atoms with van der Waals surface area (Å²) < 4.78 is 13.3. The fourth-order valence-electron chi connectivity index (χ4n) is 4.42. The molecule has 3 rings (SSSR count). The summed E-state index contributed by atoms with van der Waals surface area (Å²) in [4.78, 5) is 28.6. The zero-order valence-electron chi connectivity index (χ0n) is 14.7. The minimum absolute atomic E-state index is 0.126. The van der Waals surface area contributed by atoms with Crippen molar-refractivity contribution in [3.8, 4) is 0 Å². The predicted octanol–water partition coefficient (Wildman–Crippen LogP) is 2.22. The van der Waals surface area contributed by atoms with Gasteiger partial charge in [0.2, 0.25) is 11.8 Å². The molecule has 25 heavy (non-hydrogen) atoms. The summed E-state index contributed by atoms with van der Waals surface area (Å²) in [6.07, 6.45) is 4.38. The third-order valence-corrected chi connectivity index (χ3v) is 5.50. The molecule has 2 heterocycles. The van der Waals surface area contributed by atoms with Gasteiger partial charge in [0.25, 0.3) is 0 Å². The molecule has 0 saturated carbocycles. The lowest BCUT2D eigenvalue weighted by Gasteiger charge is -2.38. The Balaban J connectivity index is 1.87. The molecular formula is C19H26FN3O2. The number of halogens is 1. The van der Waals surface area contributed by atoms with E-state index < -0.39 is 11.9 Å². The lowest BCUT2D eigenvalue weighted by atomic mass is 9.98. The van der Waals surface area contributed by atoms with Gasteiger partial charge in [0.05, 0.1) is 0 Å². The van der Waals surface area contributed by atoms with E-state index >= 15 is 0 Å². The number of amides is 2. The fourth-order valence-corrected chi connectivity index (χ4v) is 4.42. The highest BCUT2D eigenvalue weighted by atomic mass is 19.1. The van der Waals surface area contributed by atoms with E-state index in [1.165, 1.54) is 12.1 Å². The number of likely N-dealkylation sites (tertiary alicyclic amines) is 2. The van der Waals surface area contributed by atoms with Crippen LogP contribution in [0.3, 0.4) is 0 Å². The van der Waals surface area contributed by atoms with Gasteiger partial charge in [0, 0.05) is 25.0 Å². The van der Waals surface area contributed by atoms with Crippen molar-refractivity contribution in [2.24, 2.45) is 5.73 Å². The first kappa shape index (κ1) is 17.9. The number of primary amides is 1. The molecule has 0 unspecified atom stereocenters. The largest absolute Gasteiger partial charge is 0.368 e. The van der Waals surface area contributed by atoms with Crippen molar-refractivity contribution in [1.82, 2.24) is 9.80 Å². The van der Waals surface area contributed by atoms with Crippen molar-refractivity contribution in [2.45, 2.75) is 57.2 Å². The highest BCUT2D eigenvalue weighted by Gasteiger charge is 2.43. The predicted molar refractivity (Wildman–Crippen MR) is 93.1 cm³/mol. The molecule has 2 aliphatic rings. The SMILES string of the molecule is CCC(=O)N1CCC[C@@H]1[C@@H]1CCCN1[C@@H](C(N)=O)c1ccc(F)cc1. The first-order valence-corrected chi connectivity index (χ1v) is 9.13. The van der Waals surface area contributed by atoms with Crippen molar-refractivity contribution >= 4 is 11.8 Å². The summed E-state index contributed by atoms with van der Waals surface area (Å²) >= 11 is 0. The molecule has 136 valence electrons. The standard InChI is InChI=1S/C19H26FN3O2/c1-2-17(24)22-11-3-5-15(22)16-6-4-12-23(16)18(19(21)25)13-7-9-14(20)10-8-13/h7-10,15-16,18H,2-6,11-12H2,1H3,(H2,21,25)/t15-,16+,18-/m1/s1. The van der Waals surface area contributed by atoms with Gasteiger partial charge in [0.15, 0.2) is 0 Å². The number of carbonyl (C=O) groups excluding carboxylic acids is 2. The van der Waals surface area contributed by atoms with Crippen LogP contribution in [0.25, 0.3) is 0 Å². The third-order valence-electron chi connectivity index (χ3n) is 5.50. The minimum atomic E-state index is -0.577. The monoisotopic (exact) mass is 347 g/mol. The molecule has 2 amide bonds. The summed E-state index contributed by atoms with van der Waals surface area (Å²) in [6, 6.07) is 5.66. The molecule has 2 N–H and O–H groups in total. The molecule has 0 radical (unpaired) electrons. The van der Waals surface area contributed by atoms with Gasteiger partial charge in [-0.15, -0.1) is 0 Å². The molecule has 0 bridgehead atoms. The van der Waals surface area contributed by atoms with Crippen LogP contribution in [0.5, 0.6) is 0 Å². The normalized spacial score (nSPS) is 25.3. The second-order valence-electron chi connectivity index (χ2n) is 6.95. The number of nitrogens with two attached hydrogens (primary N) is 1. The highest BCUT2D eigenvalue weighted by molar-refractivity contribution is 5.81. The summed E-state index contributed by atoms with van der Waals surface area (Å²) in [5.41, 5.74) is 6.43. The first-order chi connectivity index (χ1) is 12.0. The Morgan fingerprint density at radius 3 is 2.44 bits per heavy atom. The van der Waals surface area contributed by atoms with E-state index in [2.05, 4.69) is 4.90 Å². The number of carbonyl (C=O) groups is 2. The maximum absolute atomic E-state index is 13.3. The molecule has 3 atom stereocenters. The van der Waals surface area contributed by atoms with Gasteiger partial charge in [-0.25, -0.2) is 4.39 Å². The fraction of sp³-hybridized carbons (Fsp3) is 0.579. The second-order valence-corrected chi connectivity index (χ2v) is 6.95. The van der Waals surface area contributed by atoms with Crippen molar-refractivity contribution < 1.29 is 14.0 Å². The molecule has 2 aliphatic heterocycles. The Labute approximate surface area is 148 Å². The summed E-state index contributed by atoms with van der Waals surface area (Å²) in [5.74, 6) is -0.586. The van der Waals surface area contributed by atoms with Gasteiger partial charge in [-0.1, -0.05) is 19.1 Å². The average Bonchev–Trinajstić information content (AvgIpc) is 3.24. The summed E-state index contributed by atoms with van der Waals surface area (Å²) in [5, 5.41) is 0. The van der Waals surface area contributed by atoms with Crippen LogP contribution in [0, 0.1) is 5.82 Å². The topological polar surface area (TPSA) is 66.6 Å². The number of rotatable bonds is 5. The summed E-state index contributed by atoms with van der Waals surface area (Å²) in [6.45, 7) is 3.44. The van der Waals surface area contributed by atoms with Crippen LogP contribution in [-0.4, -0.2) is 46.8 Å². The lowest BCUT2D eigenvalue weighted by molar-refractivity contribution is -0.133. The Morgan fingerprint density at radius 1 is 1.16 bits per heavy atom. The molecule has 1 aromatic rings. The highest BCUT2D eigenvalue weighted by Crippen LogP contribution is 2.36. The number of nitrogens with zero attached hydrogens (tertiary/aromatic N) is 2. The molecule has 6 heteroatoms. The van der Waals surface area contributed by atoms with Crippen LogP contribution in [-0.2, 0) is 9.59 Å². The molecule has 2 fully saturated rings. The van der Waals surface area contributed by atoms with Gasteiger partial charge in [-0.3, -0.25) is 14.5 Å². The van der Waals surface area contributed by atoms with E-state index in [-0.39, 0.29) is 23.8 Å². The number of benzene rings is 1. The van der Waals surface area contributed by atoms with Gasteiger partial charge < -0.3 is 10.6 Å². The van der Waals surface area contributed by atoms with Crippen LogP contribution in [0.1, 0.15) is 50.6 Å². The second kappa shape index (κ2) is 7.52. The average molecular weight is 347 g/mol. The van der Waals surface area contributed by atoms with Crippen molar-refractivity contribution in [3.63, 3.8) is 0 Å². The van der Waals surface area contributed by atoms with Crippen molar-refractivity contribution in [3.05, 3.63) is 35.6 Å². The number of hydrogen-bond donors (Lipinski definition) is 1. The maximum Gasteiger partial charge on any atom is 0.239 e. The molecule has 0 aromatic heterocycles.